The number of hydrogen-bond acceptors (Lipinski definition) is 5. The zero-order valence-electron chi connectivity index (χ0n) is 18.0. The number of benzene rings is 1. The van der Waals surface area contributed by atoms with Crippen molar-refractivity contribution in [3.63, 3.8) is 0 Å². The summed E-state index contributed by atoms with van der Waals surface area (Å²) in [6.45, 7) is 10.0. The van der Waals surface area contributed by atoms with Gasteiger partial charge in [-0.1, -0.05) is 45.0 Å². The van der Waals surface area contributed by atoms with Crippen molar-refractivity contribution >= 4 is 34.1 Å². The van der Waals surface area contributed by atoms with Gasteiger partial charge in [0.25, 0.3) is 5.91 Å². The van der Waals surface area contributed by atoms with E-state index >= 15 is 0 Å². The van der Waals surface area contributed by atoms with Gasteiger partial charge in [-0.25, -0.2) is 4.79 Å². The number of thiophene rings is 1. The first-order valence-electron chi connectivity index (χ1n) is 10.1. The monoisotopic (exact) mass is 428 g/mol. The van der Waals surface area contributed by atoms with Crippen LogP contribution in [0, 0.1) is 12.8 Å². The number of amides is 2. The van der Waals surface area contributed by atoms with Gasteiger partial charge in [-0.15, -0.1) is 11.3 Å². The Morgan fingerprint density at radius 1 is 1.20 bits per heavy atom. The molecule has 1 fully saturated rings. The molecule has 2 atom stereocenters. The largest absolute Gasteiger partial charge is 0.462 e. The summed E-state index contributed by atoms with van der Waals surface area (Å²) in [6.07, 6.45) is 0.752. The first-order valence-corrected chi connectivity index (χ1v) is 10.9. The van der Waals surface area contributed by atoms with Crippen molar-refractivity contribution in [1.29, 1.82) is 0 Å². The van der Waals surface area contributed by atoms with E-state index in [-0.39, 0.29) is 40.2 Å². The molecular formula is C23H28N2O4S. The Hall–Kier alpha value is -2.67. The van der Waals surface area contributed by atoms with Crippen molar-refractivity contribution < 1.29 is 19.1 Å². The highest BCUT2D eigenvalue weighted by Gasteiger charge is 2.44. The molecule has 3 N–H and O–H groups in total. The van der Waals surface area contributed by atoms with E-state index in [1.807, 2.05) is 0 Å². The number of hydrogen-bond donors (Lipinski definition) is 2. The molecule has 7 heteroatoms. The van der Waals surface area contributed by atoms with Gasteiger partial charge >= 0.3 is 5.97 Å². The smallest absolute Gasteiger partial charge is 0.341 e. The van der Waals surface area contributed by atoms with Crippen molar-refractivity contribution in [2.24, 2.45) is 11.7 Å². The minimum atomic E-state index is -0.633. The highest BCUT2D eigenvalue weighted by atomic mass is 32.1. The fourth-order valence-electron chi connectivity index (χ4n) is 3.57. The van der Waals surface area contributed by atoms with E-state index in [1.165, 1.54) is 5.56 Å². The molecule has 1 aromatic carbocycles. The SMILES string of the molecule is CCOC(=O)c1c(NC(=O)C2CC2c2ccc(C(C)(C)C)cc2)sc(C(N)=O)c1C. The predicted octanol–water partition coefficient (Wildman–Crippen LogP) is 4.37. The Morgan fingerprint density at radius 3 is 2.37 bits per heavy atom. The van der Waals surface area contributed by atoms with Gasteiger partial charge in [0.1, 0.15) is 5.00 Å². The molecule has 2 unspecified atom stereocenters. The fourth-order valence-corrected chi connectivity index (χ4v) is 4.62. The van der Waals surface area contributed by atoms with Gasteiger partial charge in [0, 0.05) is 5.92 Å². The first kappa shape index (κ1) is 22.0. The maximum absolute atomic E-state index is 12.8. The molecule has 30 heavy (non-hydrogen) atoms. The van der Waals surface area contributed by atoms with E-state index in [2.05, 4.69) is 50.4 Å². The Balaban J connectivity index is 1.76. The molecule has 0 aliphatic heterocycles. The van der Waals surface area contributed by atoms with Crippen LogP contribution in [0.5, 0.6) is 0 Å². The third kappa shape index (κ3) is 4.41. The average Bonchev–Trinajstić information content (AvgIpc) is 3.39. The molecule has 2 aromatic rings. The second kappa shape index (κ2) is 8.22. The summed E-state index contributed by atoms with van der Waals surface area (Å²) in [4.78, 5) is 37.2. The summed E-state index contributed by atoms with van der Waals surface area (Å²) in [5, 5.41) is 3.15. The summed E-state index contributed by atoms with van der Waals surface area (Å²) < 4.78 is 5.09. The molecule has 3 rings (SSSR count). The van der Waals surface area contributed by atoms with Gasteiger partial charge in [-0.05, 0) is 48.3 Å². The third-order valence-corrected chi connectivity index (χ3v) is 6.64. The standard InChI is InChI=1S/C23H28N2O4S/c1-6-29-22(28)17-12(2)18(19(24)26)30-21(17)25-20(27)16-11-15(16)13-7-9-14(10-8-13)23(3,4)5/h7-10,15-16H,6,11H2,1-5H3,(H2,24,26)(H,25,27). The van der Waals surface area contributed by atoms with E-state index < -0.39 is 11.9 Å². The lowest BCUT2D eigenvalue weighted by Crippen LogP contribution is -2.17. The first-order chi connectivity index (χ1) is 14.0. The van der Waals surface area contributed by atoms with Gasteiger partial charge in [0.05, 0.1) is 17.0 Å². The zero-order valence-corrected chi connectivity index (χ0v) is 18.8. The molecule has 1 aliphatic rings. The number of primary amides is 1. The van der Waals surface area contributed by atoms with Crippen molar-refractivity contribution in [3.05, 3.63) is 51.4 Å². The van der Waals surface area contributed by atoms with Crippen LogP contribution in [0.15, 0.2) is 24.3 Å². The minimum absolute atomic E-state index is 0.0809. The number of esters is 1. The van der Waals surface area contributed by atoms with Crippen LogP contribution < -0.4 is 11.1 Å². The Labute approximate surface area is 180 Å². The fraction of sp³-hybridized carbons (Fsp3) is 0.435. The predicted molar refractivity (Wildman–Crippen MR) is 118 cm³/mol. The molecule has 2 amide bonds. The van der Waals surface area contributed by atoms with Crippen molar-refractivity contribution in [2.45, 2.75) is 52.4 Å². The number of anilines is 1. The van der Waals surface area contributed by atoms with Crippen molar-refractivity contribution in [3.8, 4) is 0 Å². The van der Waals surface area contributed by atoms with Crippen LogP contribution in [0.1, 0.15) is 76.8 Å². The number of nitrogens with two attached hydrogens (primary N) is 1. The minimum Gasteiger partial charge on any atom is -0.462 e. The van der Waals surface area contributed by atoms with Gasteiger partial charge in [-0.2, -0.15) is 0 Å². The molecule has 1 saturated carbocycles. The van der Waals surface area contributed by atoms with E-state index in [4.69, 9.17) is 10.5 Å². The molecule has 1 aliphatic carbocycles. The number of ether oxygens (including phenoxy) is 1. The quantitative estimate of drug-likeness (QED) is 0.667. The topological polar surface area (TPSA) is 98.5 Å². The van der Waals surface area contributed by atoms with Crippen LogP contribution in [0.3, 0.4) is 0 Å². The Morgan fingerprint density at radius 2 is 1.83 bits per heavy atom. The van der Waals surface area contributed by atoms with Gasteiger partial charge in [-0.3, -0.25) is 9.59 Å². The highest BCUT2D eigenvalue weighted by molar-refractivity contribution is 7.18. The highest BCUT2D eigenvalue weighted by Crippen LogP contribution is 2.48. The Kier molecular flexibility index (Phi) is 6.04. The number of nitrogens with one attached hydrogen (secondary N) is 1. The van der Waals surface area contributed by atoms with E-state index in [0.29, 0.717) is 10.6 Å². The van der Waals surface area contributed by atoms with Gasteiger partial charge < -0.3 is 15.8 Å². The lowest BCUT2D eigenvalue weighted by molar-refractivity contribution is -0.117. The maximum atomic E-state index is 12.8. The van der Waals surface area contributed by atoms with E-state index in [9.17, 15) is 14.4 Å². The normalized spacial score (nSPS) is 18.0. The molecule has 1 aromatic heterocycles. The Bertz CT molecular complexity index is 986. The van der Waals surface area contributed by atoms with Crippen LogP contribution in [-0.2, 0) is 14.9 Å². The number of rotatable bonds is 6. The van der Waals surface area contributed by atoms with Gasteiger partial charge in [0.2, 0.25) is 5.91 Å². The molecule has 1 heterocycles. The number of carbonyl (C=O) groups is 3. The zero-order chi connectivity index (χ0) is 22.2. The lowest BCUT2D eigenvalue weighted by Gasteiger charge is -2.19. The average molecular weight is 429 g/mol. The maximum Gasteiger partial charge on any atom is 0.341 e. The molecule has 6 nitrogen and oxygen atoms in total. The molecule has 0 radical (unpaired) electrons. The van der Waals surface area contributed by atoms with E-state index in [1.54, 1.807) is 13.8 Å². The van der Waals surface area contributed by atoms with Crippen molar-refractivity contribution in [2.75, 3.05) is 11.9 Å². The van der Waals surface area contributed by atoms with Gasteiger partial charge in [0.15, 0.2) is 0 Å². The molecule has 0 spiro atoms. The summed E-state index contributed by atoms with van der Waals surface area (Å²) in [5.74, 6) is -1.38. The van der Waals surface area contributed by atoms with E-state index in [0.717, 1.165) is 23.3 Å². The number of carbonyl (C=O) groups excluding carboxylic acids is 3. The third-order valence-electron chi connectivity index (χ3n) is 5.42. The second-order valence-corrected chi connectivity index (χ2v) is 9.68. The molecule has 0 saturated heterocycles. The molecule has 160 valence electrons. The van der Waals surface area contributed by atoms with Crippen molar-refractivity contribution in [1.82, 2.24) is 0 Å². The molecule has 0 bridgehead atoms. The summed E-state index contributed by atoms with van der Waals surface area (Å²) in [5.41, 5.74) is 8.53. The molecular weight excluding hydrogens is 400 g/mol. The summed E-state index contributed by atoms with van der Waals surface area (Å²) in [6, 6.07) is 8.40. The van der Waals surface area contributed by atoms with Crippen LogP contribution >= 0.6 is 11.3 Å². The van der Waals surface area contributed by atoms with Crippen LogP contribution in [0.25, 0.3) is 0 Å². The van der Waals surface area contributed by atoms with Crippen LogP contribution in [-0.4, -0.2) is 24.4 Å². The summed E-state index contributed by atoms with van der Waals surface area (Å²) >= 11 is 1.02. The second-order valence-electron chi connectivity index (χ2n) is 8.65. The summed E-state index contributed by atoms with van der Waals surface area (Å²) in [7, 11) is 0. The lowest BCUT2D eigenvalue weighted by atomic mass is 9.86. The van der Waals surface area contributed by atoms with Crippen LogP contribution in [0.4, 0.5) is 5.00 Å². The van der Waals surface area contributed by atoms with Crippen LogP contribution in [0.2, 0.25) is 0 Å².